The smallest absolute Gasteiger partial charge is 0.0273 e. The van der Waals surface area contributed by atoms with Crippen LogP contribution >= 0.6 is 0 Å². The third-order valence-electron chi connectivity index (χ3n) is 3.33. The van der Waals surface area contributed by atoms with Gasteiger partial charge in [-0.2, -0.15) is 0 Å². The Morgan fingerprint density at radius 3 is 1.56 bits per heavy atom. The Morgan fingerprint density at radius 2 is 1.06 bits per heavy atom. The molecular weight excluding hydrogens is 216 g/mol. The van der Waals surface area contributed by atoms with Crippen LogP contribution in [0.25, 0.3) is 0 Å². The second kappa shape index (κ2) is 5.39. The van der Waals surface area contributed by atoms with Gasteiger partial charge in [0, 0.05) is 5.48 Å². The van der Waals surface area contributed by atoms with Crippen LogP contribution in [0.2, 0.25) is 0 Å². The summed E-state index contributed by atoms with van der Waals surface area (Å²) >= 11 is 0. The zero-order valence-corrected chi connectivity index (χ0v) is 10.4. The summed E-state index contributed by atoms with van der Waals surface area (Å²) in [6, 6.07) is 15.4. The van der Waals surface area contributed by atoms with E-state index in [1.807, 2.05) is 48.5 Å². The van der Waals surface area contributed by atoms with Crippen LogP contribution in [0.15, 0.2) is 48.5 Å². The van der Waals surface area contributed by atoms with Gasteiger partial charge in [0.05, 0.1) is 0 Å². The maximum absolute atomic E-state index is 8.27. The summed E-state index contributed by atoms with van der Waals surface area (Å²) in [4.78, 5) is 0. The van der Waals surface area contributed by atoms with E-state index in [0.29, 0.717) is 25.7 Å². The molecule has 92 valence electrons. The standard InChI is InChI=1S/C18H20/c1-4-15-10-12-16(13-11-15)5-2-7-18-9-3-8-17(6-1)14-18/h3,8-14H,1-2,4-7H2/i1D2,2D2. The predicted octanol–water partition coefficient (Wildman–Crippen LogP) is 4.35. The molecule has 0 radical (unpaired) electrons. The van der Waals surface area contributed by atoms with Crippen molar-refractivity contribution in [3.05, 3.63) is 70.8 Å². The van der Waals surface area contributed by atoms with Gasteiger partial charge in [-0.05, 0) is 60.7 Å². The molecule has 2 aromatic carbocycles. The molecular formula is C18H20. The molecule has 2 aliphatic rings. The summed E-state index contributed by atoms with van der Waals surface area (Å²) in [5.74, 6) is 0. The van der Waals surface area contributed by atoms with E-state index in [0.717, 1.165) is 22.3 Å². The average molecular weight is 240 g/mol. The van der Waals surface area contributed by atoms with Gasteiger partial charge in [-0.1, -0.05) is 48.5 Å². The highest BCUT2D eigenvalue weighted by molar-refractivity contribution is 5.26. The molecule has 0 unspecified atom stereocenters. The number of fused-ring (bicyclic) bond motifs is 6. The van der Waals surface area contributed by atoms with Crippen molar-refractivity contribution >= 4 is 0 Å². The van der Waals surface area contributed by atoms with Gasteiger partial charge in [0.1, 0.15) is 0 Å². The van der Waals surface area contributed by atoms with Gasteiger partial charge in [-0.25, -0.2) is 0 Å². The molecule has 18 heavy (non-hydrogen) atoms. The molecule has 0 saturated carbocycles. The van der Waals surface area contributed by atoms with E-state index >= 15 is 0 Å². The van der Waals surface area contributed by atoms with Crippen LogP contribution in [0.3, 0.4) is 0 Å². The van der Waals surface area contributed by atoms with Gasteiger partial charge < -0.3 is 0 Å². The van der Waals surface area contributed by atoms with Crippen LogP contribution in [-0.4, -0.2) is 0 Å². The van der Waals surface area contributed by atoms with Gasteiger partial charge in [-0.3, -0.25) is 0 Å². The maximum atomic E-state index is 8.27. The minimum Gasteiger partial charge on any atom is -0.0617 e. The molecule has 4 rings (SSSR count). The molecule has 0 fully saturated rings. The van der Waals surface area contributed by atoms with Crippen molar-refractivity contribution in [3.8, 4) is 0 Å². The first-order valence-electron chi connectivity index (χ1n) is 8.47. The molecule has 2 aromatic rings. The lowest BCUT2D eigenvalue weighted by molar-refractivity contribution is 0.814. The van der Waals surface area contributed by atoms with Gasteiger partial charge in [0.15, 0.2) is 0 Å². The van der Waals surface area contributed by atoms with E-state index < -0.39 is 12.7 Å². The minimum absolute atomic E-state index is 0.353. The van der Waals surface area contributed by atoms with Gasteiger partial charge in [0.25, 0.3) is 0 Å². The zero-order chi connectivity index (χ0) is 15.8. The number of hydrogen-bond donors (Lipinski definition) is 0. The SMILES string of the molecule is [2H]C1([2H])Cc2ccc(cc2)CC([2H])([2H])Cc2cccc(c2)C1. The highest BCUT2D eigenvalue weighted by Gasteiger charge is 2.01. The second-order valence-electron chi connectivity index (χ2n) is 4.84. The second-order valence-corrected chi connectivity index (χ2v) is 4.84. The molecule has 4 bridgehead atoms. The van der Waals surface area contributed by atoms with Crippen LogP contribution in [-0.2, 0) is 25.7 Å². The van der Waals surface area contributed by atoms with Crippen molar-refractivity contribution in [2.45, 2.75) is 38.4 Å². The molecule has 0 atom stereocenters. The Balaban J connectivity index is 2.03. The van der Waals surface area contributed by atoms with Crippen molar-refractivity contribution in [2.75, 3.05) is 0 Å². The average Bonchev–Trinajstić information content (AvgIpc) is 2.39. The lowest BCUT2D eigenvalue weighted by atomic mass is 10.0. The van der Waals surface area contributed by atoms with E-state index in [1.54, 1.807) is 0 Å². The van der Waals surface area contributed by atoms with Crippen molar-refractivity contribution in [1.29, 1.82) is 0 Å². The fraction of sp³-hybridized carbons (Fsp3) is 0.333. The largest absolute Gasteiger partial charge is 0.0617 e. The maximum Gasteiger partial charge on any atom is 0.0273 e. The quantitative estimate of drug-likeness (QED) is 0.642. The molecule has 0 aromatic heterocycles. The molecule has 0 heterocycles. The highest BCUT2D eigenvalue weighted by Crippen LogP contribution is 2.15. The van der Waals surface area contributed by atoms with Crippen LogP contribution in [0, 0.1) is 0 Å². The van der Waals surface area contributed by atoms with Gasteiger partial charge in [0.2, 0.25) is 0 Å². The summed E-state index contributed by atoms with van der Waals surface area (Å²) in [5, 5.41) is 0. The Hall–Kier alpha value is -1.56. The molecule has 0 aliphatic heterocycles. The van der Waals surface area contributed by atoms with Gasteiger partial charge in [-0.15, -0.1) is 0 Å². The Kier molecular flexibility index (Phi) is 2.33. The third-order valence-corrected chi connectivity index (χ3v) is 3.33. The Morgan fingerprint density at radius 1 is 0.611 bits per heavy atom. The molecule has 0 spiro atoms. The van der Waals surface area contributed by atoms with E-state index in [4.69, 9.17) is 5.48 Å². The van der Waals surface area contributed by atoms with Crippen LogP contribution < -0.4 is 0 Å². The molecule has 0 amide bonds. The van der Waals surface area contributed by atoms with E-state index in [2.05, 4.69) is 0 Å². The first-order chi connectivity index (χ1) is 10.3. The lowest BCUT2D eigenvalue weighted by Crippen LogP contribution is -1.91. The van der Waals surface area contributed by atoms with Gasteiger partial charge >= 0.3 is 0 Å². The Labute approximate surface area is 115 Å². The Bertz CT molecular complexity index is 605. The normalized spacial score (nSPS) is 24.4. The fourth-order valence-electron chi connectivity index (χ4n) is 2.33. The number of rotatable bonds is 0. The molecule has 0 saturated heterocycles. The highest BCUT2D eigenvalue weighted by atomic mass is 14.1. The van der Waals surface area contributed by atoms with Crippen LogP contribution in [0.1, 0.15) is 40.5 Å². The topological polar surface area (TPSA) is 0 Å². The summed E-state index contributed by atoms with van der Waals surface area (Å²) in [6.07, 6.45) is -1.13. The van der Waals surface area contributed by atoms with Crippen molar-refractivity contribution in [1.82, 2.24) is 0 Å². The molecule has 2 aliphatic carbocycles. The molecule has 0 heteroatoms. The summed E-state index contributed by atoms with van der Waals surface area (Å²) < 4.78 is 33.1. The van der Waals surface area contributed by atoms with E-state index in [-0.39, 0.29) is 0 Å². The summed E-state index contributed by atoms with van der Waals surface area (Å²) in [5.41, 5.74) is 3.80. The monoisotopic (exact) mass is 240 g/mol. The van der Waals surface area contributed by atoms with Crippen molar-refractivity contribution < 1.29 is 5.48 Å². The third kappa shape index (κ3) is 2.81. The first-order valence-corrected chi connectivity index (χ1v) is 6.47. The fourth-order valence-corrected chi connectivity index (χ4v) is 2.33. The number of aryl methyl sites for hydroxylation is 4. The lowest BCUT2D eigenvalue weighted by Gasteiger charge is -2.04. The van der Waals surface area contributed by atoms with Crippen molar-refractivity contribution in [3.63, 3.8) is 0 Å². The van der Waals surface area contributed by atoms with E-state index in [1.165, 1.54) is 0 Å². The molecule has 0 N–H and O–H groups in total. The molecule has 0 nitrogen and oxygen atoms in total. The summed E-state index contributed by atoms with van der Waals surface area (Å²) in [6.45, 7) is 0. The predicted molar refractivity (Wildman–Crippen MR) is 76.9 cm³/mol. The van der Waals surface area contributed by atoms with Crippen LogP contribution in [0.5, 0.6) is 0 Å². The van der Waals surface area contributed by atoms with Crippen molar-refractivity contribution in [2.24, 2.45) is 0 Å². The number of benzene rings is 2. The number of hydrogen-bond acceptors (Lipinski definition) is 0. The van der Waals surface area contributed by atoms with E-state index in [9.17, 15) is 0 Å². The first kappa shape index (κ1) is 7.78. The summed E-state index contributed by atoms with van der Waals surface area (Å²) in [7, 11) is 0. The zero-order valence-electron chi connectivity index (χ0n) is 14.4. The van der Waals surface area contributed by atoms with Crippen LogP contribution in [0.4, 0.5) is 0 Å². The minimum atomic E-state index is -1.30.